The Morgan fingerprint density at radius 3 is 3.23 bits per heavy atom. The van der Waals surface area contributed by atoms with Crippen molar-refractivity contribution in [1.82, 2.24) is 5.32 Å². The molecular weight excluding hydrogens is 158 g/mol. The van der Waals surface area contributed by atoms with E-state index in [9.17, 15) is 0 Å². The monoisotopic (exact) mass is 173 g/mol. The molecule has 0 radical (unpaired) electrons. The molecule has 0 fully saturated rings. The van der Waals surface area contributed by atoms with Gasteiger partial charge in [0.2, 0.25) is 0 Å². The average Bonchev–Trinajstić information content (AvgIpc) is 2.56. The van der Waals surface area contributed by atoms with Gasteiger partial charge < -0.3 is 5.32 Å². The Morgan fingerprint density at radius 2 is 2.23 bits per heavy atom. The molecule has 13 heavy (non-hydrogen) atoms. The van der Waals surface area contributed by atoms with Crippen molar-refractivity contribution in [3.8, 4) is 0 Å². The molecule has 1 N–H and O–H groups in total. The Kier molecular flexibility index (Phi) is 1.58. The second-order valence-corrected chi connectivity index (χ2v) is 4.16. The predicted molar refractivity (Wildman–Crippen MR) is 54.2 cm³/mol. The molecule has 2 aliphatic carbocycles. The summed E-state index contributed by atoms with van der Waals surface area (Å²) in [6.45, 7) is 0. The average molecular weight is 173 g/mol. The molecule has 1 aliphatic heterocycles. The van der Waals surface area contributed by atoms with Crippen LogP contribution in [0.5, 0.6) is 0 Å². The molecule has 2 unspecified atom stereocenters. The summed E-state index contributed by atoms with van der Waals surface area (Å²) in [7, 11) is 0. The number of nitrogens with one attached hydrogen (secondary N) is 1. The van der Waals surface area contributed by atoms with Gasteiger partial charge in [-0.15, -0.1) is 0 Å². The van der Waals surface area contributed by atoms with Crippen LogP contribution in [0.25, 0.3) is 0 Å². The van der Waals surface area contributed by atoms with Crippen molar-refractivity contribution in [1.29, 1.82) is 0 Å². The molecule has 3 rings (SSSR count). The number of hydrogen-bond donors (Lipinski definition) is 1. The van der Waals surface area contributed by atoms with Crippen molar-refractivity contribution in [2.45, 2.75) is 31.7 Å². The summed E-state index contributed by atoms with van der Waals surface area (Å²) < 4.78 is 0. The molecule has 2 atom stereocenters. The van der Waals surface area contributed by atoms with Crippen LogP contribution in [0.3, 0.4) is 0 Å². The van der Waals surface area contributed by atoms with Crippen LogP contribution in [0.4, 0.5) is 0 Å². The quantitative estimate of drug-likeness (QED) is 0.555. The number of fused-ring (bicyclic) bond motifs is 2. The fourth-order valence-electron chi connectivity index (χ4n) is 2.72. The maximum atomic E-state index is 3.64. The van der Waals surface area contributed by atoms with Crippen molar-refractivity contribution >= 4 is 0 Å². The van der Waals surface area contributed by atoms with E-state index in [1.165, 1.54) is 31.4 Å². The summed E-state index contributed by atoms with van der Waals surface area (Å²) >= 11 is 0. The van der Waals surface area contributed by atoms with E-state index >= 15 is 0 Å². The molecule has 0 bridgehead atoms. The minimum atomic E-state index is 0.612. The van der Waals surface area contributed by atoms with Gasteiger partial charge in [-0.2, -0.15) is 0 Å². The largest absolute Gasteiger partial charge is 0.381 e. The van der Waals surface area contributed by atoms with E-state index in [-0.39, 0.29) is 0 Å². The molecule has 0 saturated carbocycles. The molecule has 0 spiro atoms. The van der Waals surface area contributed by atoms with E-state index in [1.54, 1.807) is 5.57 Å². The lowest BCUT2D eigenvalue weighted by molar-refractivity contribution is 0.491. The standard InChI is InChI=1S/C12H15N/c1-3-7-11-9(5-1)10-6-2-4-8-12(10)13-11/h1,4-5,8,10,12-13H,2-3,6-7H2. The number of allylic oxidation sites excluding steroid dienone is 4. The van der Waals surface area contributed by atoms with Crippen LogP contribution in [0, 0.1) is 5.92 Å². The van der Waals surface area contributed by atoms with Gasteiger partial charge >= 0.3 is 0 Å². The van der Waals surface area contributed by atoms with E-state index in [1.807, 2.05) is 0 Å². The second kappa shape index (κ2) is 2.76. The summed E-state index contributed by atoms with van der Waals surface area (Å²) in [6, 6.07) is 0.612. The lowest BCUT2D eigenvalue weighted by atomic mass is 9.84. The van der Waals surface area contributed by atoms with E-state index < -0.39 is 0 Å². The topological polar surface area (TPSA) is 12.0 Å². The van der Waals surface area contributed by atoms with Crippen molar-refractivity contribution in [3.63, 3.8) is 0 Å². The van der Waals surface area contributed by atoms with Crippen LogP contribution in [0.2, 0.25) is 0 Å². The lowest BCUT2D eigenvalue weighted by Crippen LogP contribution is -2.28. The van der Waals surface area contributed by atoms with Crippen molar-refractivity contribution in [2.24, 2.45) is 5.92 Å². The van der Waals surface area contributed by atoms with Crippen LogP contribution >= 0.6 is 0 Å². The first-order chi connectivity index (χ1) is 6.45. The summed E-state index contributed by atoms with van der Waals surface area (Å²) in [6.07, 6.45) is 14.4. The SMILES string of the molecule is C1=CC2=C(CC1)NC1C=CCCC21. The Hall–Kier alpha value is -0.980. The van der Waals surface area contributed by atoms with Gasteiger partial charge in [-0.05, 0) is 31.3 Å². The second-order valence-electron chi connectivity index (χ2n) is 4.16. The fourth-order valence-corrected chi connectivity index (χ4v) is 2.72. The minimum Gasteiger partial charge on any atom is -0.381 e. The molecular formula is C12H15N. The van der Waals surface area contributed by atoms with Crippen LogP contribution in [0.15, 0.2) is 35.6 Å². The van der Waals surface area contributed by atoms with Crippen LogP contribution in [-0.4, -0.2) is 6.04 Å². The van der Waals surface area contributed by atoms with Crippen molar-refractivity contribution < 1.29 is 0 Å². The third-order valence-electron chi connectivity index (χ3n) is 3.37. The zero-order chi connectivity index (χ0) is 8.67. The third kappa shape index (κ3) is 1.06. The Morgan fingerprint density at radius 1 is 1.23 bits per heavy atom. The zero-order valence-corrected chi connectivity index (χ0v) is 7.79. The first-order valence-electron chi connectivity index (χ1n) is 5.28. The molecule has 68 valence electrons. The maximum Gasteiger partial charge on any atom is 0.0510 e. The summed E-state index contributed by atoms with van der Waals surface area (Å²) in [5.74, 6) is 0.775. The molecule has 1 nitrogen and oxygen atoms in total. The fraction of sp³-hybridized carbons (Fsp3) is 0.500. The van der Waals surface area contributed by atoms with Crippen molar-refractivity contribution in [3.05, 3.63) is 35.6 Å². The molecule has 1 heterocycles. The van der Waals surface area contributed by atoms with Crippen molar-refractivity contribution in [2.75, 3.05) is 0 Å². The number of rotatable bonds is 0. The third-order valence-corrected chi connectivity index (χ3v) is 3.37. The highest BCUT2D eigenvalue weighted by Crippen LogP contribution is 2.37. The summed E-state index contributed by atoms with van der Waals surface area (Å²) in [5, 5.41) is 3.64. The van der Waals surface area contributed by atoms with Gasteiger partial charge in [-0.1, -0.05) is 24.3 Å². The zero-order valence-electron chi connectivity index (χ0n) is 7.79. The van der Waals surface area contributed by atoms with Gasteiger partial charge in [0.1, 0.15) is 0 Å². The maximum absolute atomic E-state index is 3.64. The van der Waals surface area contributed by atoms with E-state index in [4.69, 9.17) is 0 Å². The predicted octanol–water partition coefficient (Wildman–Crippen LogP) is 2.53. The molecule has 0 aromatic rings. The molecule has 3 aliphatic rings. The highest BCUT2D eigenvalue weighted by Gasteiger charge is 2.32. The summed E-state index contributed by atoms with van der Waals surface area (Å²) in [5.41, 5.74) is 3.12. The Balaban J connectivity index is 1.96. The van der Waals surface area contributed by atoms with Gasteiger partial charge in [0.15, 0.2) is 0 Å². The lowest BCUT2D eigenvalue weighted by Gasteiger charge is -2.21. The molecule has 1 heteroatoms. The van der Waals surface area contributed by atoms with Gasteiger partial charge in [-0.25, -0.2) is 0 Å². The van der Waals surface area contributed by atoms with Crippen LogP contribution in [0.1, 0.15) is 25.7 Å². The minimum absolute atomic E-state index is 0.612. The Bertz CT molecular complexity index is 309. The molecule has 0 aromatic carbocycles. The van der Waals surface area contributed by atoms with Crippen LogP contribution in [-0.2, 0) is 0 Å². The first-order valence-corrected chi connectivity index (χ1v) is 5.28. The van der Waals surface area contributed by atoms with Gasteiger partial charge in [0.05, 0.1) is 6.04 Å². The summed E-state index contributed by atoms with van der Waals surface area (Å²) in [4.78, 5) is 0. The van der Waals surface area contributed by atoms with E-state index in [0.29, 0.717) is 6.04 Å². The molecule has 0 saturated heterocycles. The van der Waals surface area contributed by atoms with Gasteiger partial charge in [0.25, 0.3) is 0 Å². The van der Waals surface area contributed by atoms with Crippen LogP contribution < -0.4 is 5.32 Å². The van der Waals surface area contributed by atoms with E-state index in [2.05, 4.69) is 29.6 Å². The molecule has 0 aromatic heterocycles. The smallest absolute Gasteiger partial charge is 0.0510 e. The van der Waals surface area contributed by atoms with Gasteiger partial charge in [-0.3, -0.25) is 0 Å². The first kappa shape index (κ1) is 7.43. The van der Waals surface area contributed by atoms with E-state index in [0.717, 1.165) is 5.92 Å². The Labute approximate surface area is 79.2 Å². The normalized spacial score (nSPS) is 35.7. The van der Waals surface area contributed by atoms with Gasteiger partial charge in [0, 0.05) is 11.6 Å². The highest BCUT2D eigenvalue weighted by molar-refractivity contribution is 5.39. The number of hydrogen-bond acceptors (Lipinski definition) is 1. The molecule has 0 amide bonds. The highest BCUT2D eigenvalue weighted by atomic mass is 15.0.